The van der Waals surface area contributed by atoms with E-state index < -0.39 is 11.6 Å². The topological polar surface area (TPSA) is 12.0 Å². The van der Waals surface area contributed by atoms with Gasteiger partial charge in [0, 0.05) is 12.6 Å². The van der Waals surface area contributed by atoms with Crippen LogP contribution >= 0.6 is 0 Å². The Morgan fingerprint density at radius 1 is 1.00 bits per heavy atom. The molecule has 0 aliphatic rings. The molecule has 2 rings (SSSR count). The average Bonchev–Trinajstić information content (AvgIpc) is 2.48. The second-order valence-electron chi connectivity index (χ2n) is 4.88. The molecule has 3 heteroatoms. The SMILES string of the molecule is CCCC(NCc1ccc(F)c(F)c1)c1ccccc1. The minimum absolute atomic E-state index is 0.231. The van der Waals surface area contributed by atoms with Gasteiger partial charge in [-0.05, 0) is 29.7 Å². The van der Waals surface area contributed by atoms with Gasteiger partial charge in [-0.2, -0.15) is 0 Å². The standard InChI is InChI=1S/C17H19F2N/c1-2-6-17(14-7-4-3-5-8-14)20-12-13-9-10-15(18)16(19)11-13/h3-5,7-11,17,20H,2,6,12H2,1H3. The van der Waals surface area contributed by atoms with Crippen molar-refractivity contribution in [2.24, 2.45) is 0 Å². The summed E-state index contributed by atoms with van der Waals surface area (Å²) in [5.74, 6) is -1.60. The molecular weight excluding hydrogens is 256 g/mol. The van der Waals surface area contributed by atoms with Gasteiger partial charge in [0.1, 0.15) is 0 Å². The van der Waals surface area contributed by atoms with Gasteiger partial charge >= 0.3 is 0 Å². The van der Waals surface area contributed by atoms with E-state index >= 15 is 0 Å². The van der Waals surface area contributed by atoms with E-state index in [1.54, 1.807) is 6.07 Å². The first-order chi connectivity index (χ1) is 9.70. The minimum atomic E-state index is -0.804. The van der Waals surface area contributed by atoms with Crippen LogP contribution in [0.5, 0.6) is 0 Å². The lowest BCUT2D eigenvalue weighted by Gasteiger charge is -2.18. The maximum atomic E-state index is 13.2. The fourth-order valence-electron chi connectivity index (χ4n) is 2.25. The maximum absolute atomic E-state index is 13.2. The van der Waals surface area contributed by atoms with Crippen molar-refractivity contribution in [1.29, 1.82) is 0 Å². The lowest BCUT2D eigenvalue weighted by molar-refractivity contribution is 0.485. The predicted molar refractivity (Wildman–Crippen MR) is 77.3 cm³/mol. The summed E-state index contributed by atoms with van der Waals surface area (Å²) >= 11 is 0. The average molecular weight is 275 g/mol. The Balaban J connectivity index is 2.03. The summed E-state index contributed by atoms with van der Waals surface area (Å²) in [7, 11) is 0. The van der Waals surface area contributed by atoms with Crippen LogP contribution in [0.1, 0.15) is 36.9 Å². The Labute approximate surface area is 118 Å². The number of benzene rings is 2. The first-order valence-corrected chi connectivity index (χ1v) is 6.93. The van der Waals surface area contributed by atoms with Gasteiger partial charge in [0.2, 0.25) is 0 Å². The third kappa shape index (κ3) is 3.87. The number of hydrogen-bond acceptors (Lipinski definition) is 1. The smallest absolute Gasteiger partial charge is 0.159 e. The molecule has 0 aliphatic heterocycles. The summed E-state index contributed by atoms with van der Waals surface area (Å²) in [6, 6.07) is 14.4. The summed E-state index contributed by atoms with van der Waals surface area (Å²) in [4.78, 5) is 0. The van der Waals surface area contributed by atoms with Crippen molar-refractivity contribution in [2.75, 3.05) is 0 Å². The molecule has 0 saturated carbocycles. The molecule has 0 saturated heterocycles. The van der Waals surface area contributed by atoms with Crippen LogP contribution in [-0.2, 0) is 6.54 Å². The Morgan fingerprint density at radius 3 is 2.40 bits per heavy atom. The van der Waals surface area contributed by atoms with Crippen LogP contribution in [0.4, 0.5) is 8.78 Å². The van der Waals surface area contributed by atoms with E-state index in [-0.39, 0.29) is 6.04 Å². The fraction of sp³-hybridized carbons (Fsp3) is 0.294. The van der Waals surface area contributed by atoms with Gasteiger partial charge in [-0.15, -0.1) is 0 Å². The van der Waals surface area contributed by atoms with Crippen molar-refractivity contribution in [3.05, 3.63) is 71.3 Å². The molecule has 1 nitrogen and oxygen atoms in total. The molecule has 0 spiro atoms. The summed E-state index contributed by atoms with van der Waals surface area (Å²) in [6.45, 7) is 2.66. The third-order valence-electron chi connectivity index (χ3n) is 3.32. The molecule has 0 bridgehead atoms. The molecule has 0 aliphatic carbocycles. The highest BCUT2D eigenvalue weighted by molar-refractivity contribution is 5.21. The van der Waals surface area contributed by atoms with Crippen LogP contribution in [0, 0.1) is 11.6 Å². The van der Waals surface area contributed by atoms with Gasteiger partial charge in [-0.25, -0.2) is 8.78 Å². The van der Waals surface area contributed by atoms with Crippen LogP contribution < -0.4 is 5.32 Å². The highest BCUT2D eigenvalue weighted by atomic mass is 19.2. The van der Waals surface area contributed by atoms with Crippen LogP contribution in [0.15, 0.2) is 48.5 Å². The highest BCUT2D eigenvalue weighted by Crippen LogP contribution is 2.19. The van der Waals surface area contributed by atoms with Crippen molar-refractivity contribution < 1.29 is 8.78 Å². The first kappa shape index (κ1) is 14.7. The van der Waals surface area contributed by atoms with E-state index in [9.17, 15) is 8.78 Å². The minimum Gasteiger partial charge on any atom is -0.306 e. The number of hydrogen-bond donors (Lipinski definition) is 1. The second-order valence-corrected chi connectivity index (χ2v) is 4.88. The largest absolute Gasteiger partial charge is 0.306 e. The van der Waals surface area contributed by atoms with Crippen LogP contribution in [0.25, 0.3) is 0 Å². The molecule has 2 aromatic rings. The summed E-state index contributed by atoms with van der Waals surface area (Å²) in [6.07, 6.45) is 2.07. The summed E-state index contributed by atoms with van der Waals surface area (Å²) in [5, 5.41) is 3.41. The van der Waals surface area contributed by atoms with Gasteiger partial charge in [0.15, 0.2) is 11.6 Å². The van der Waals surface area contributed by atoms with E-state index in [1.807, 2.05) is 18.2 Å². The quantitative estimate of drug-likeness (QED) is 0.812. The Bertz CT molecular complexity index is 540. The Hall–Kier alpha value is -1.74. The van der Waals surface area contributed by atoms with Crippen molar-refractivity contribution in [1.82, 2.24) is 5.32 Å². The lowest BCUT2D eigenvalue weighted by atomic mass is 10.0. The van der Waals surface area contributed by atoms with Gasteiger partial charge < -0.3 is 5.32 Å². The Kier molecular flexibility index (Phi) is 5.24. The molecule has 0 heterocycles. The zero-order chi connectivity index (χ0) is 14.4. The molecule has 20 heavy (non-hydrogen) atoms. The van der Waals surface area contributed by atoms with E-state index in [0.717, 1.165) is 18.4 Å². The van der Waals surface area contributed by atoms with Gasteiger partial charge in [-0.3, -0.25) is 0 Å². The van der Waals surface area contributed by atoms with E-state index in [0.29, 0.717) is 6.54 Å². The summed E-state index contributed by atoms with van der Waals surface area (Å²) in [5.41, 5.74) is 1.97. The zero-order valence-electron chi connectivity index (χ0n) is 11.6. The van der Waals surface area contributed by atoms with E-state index in [1.165, 1.54) is 17.7 Å². The fourth-order valence-corrected chi connectivity index (χ4v) is 2.25. The van der Waals surface area contributed by atoms with Crippen molar-refractivity contribution >= 4 is 0 Å². The lowest BCUT2D eigenvalue weighted by Crippen LogP contribution is -2.20. The maximum Gasteiger partial charge on any atom is 0.159 e. The first-order valence-electron chi connectivity index (χ1n) is 6.93. The van der Waals surface area contributed by atoms with Crippen LogP contribution in [0.3, 0.4) is 0 Å². The van der Waals surface area contributed by atoms with E-state index in [4.69, 9.17) is 0 Å². The molecule has 2 aromatic carbocycles. The van der Waals surface area contributed by atoms with E-state index in [2.05, 4.69) is 24.4 Å². The number of rotatable bonds is 6. The summed E-state index contributed by atoms with van der Waals surface area (Å²) < 4.78 is 26.1. The normalized spacial score (nSPS) is 12.3. The Morgan fingerprint density at radius 2 is 1.75 bits per heavy atom. The second kappa shape index (κ2) is 7.15. The number of halogens is 2. The van der Waals surface area contributed by atoms with Gasteiger partial charge in [0.05, 0.1) is 0 Å². The van der Waals surface area contributed by atoms with Crippen LogP contribution in [-0.4, -0.2) is 0 Å². The molecular formula is C17H19F2N. The molecule has 106 valence electrons. The monoisotopic (exact) mass is 275 g/mol. The molecule has 0 aromatic heterocycles. The zero-order valence-corrected chi connectivity index (χ0v) is 11.6. The predicted octanol–water partition coefficient (Wildman–Crippen LogP) is 4.60. The molecule has 1 unspecified atom stereocenters. The van der Waals surface area contributed by atoms with Gasteiger partial charge in [-0.1, -0.05) is 49.7 Å². The van der Waals surface area contributed by atoms with Gasteiger partial charge in [0.25, 0.3) is 0 Å². The number of nitrogens with one attached hydrogen (secondary N) is 1. The van der Waals surface area contributed by atoms with Crippen molar-refractivity contribution in [3.63, 3.8) is 0 Å². The van der Waals surface area contributed by atoms with Crippen molar-refractivity contribution in [2.45, 2.75) is 32.4 Å². The highest BCUT2D eigenvalue weighted by Gasteiger charge is 2.10. The molecule has 0 amide bonds. The van der Waals surface area contributed by atoms with Crippen molar-refractivity contribution in [3.8, 4) is 0 Å². The molecule has 0 radical (unpaired) electrons. The van der Waals surface area contributed by atoms with Crippen LogP contribution in [0.2, 0.25) is 0 Å². The molecule has 1 N–H and O–H groups in total. The molecule has 1 atom stereocenters. The molecule has 0 fully saturated rings. The third-order valence-corrected chi connectivity index (χ3v) is 3.32.